The van der Waals surface area contributed by atoms with Gasteiger partial charge in [0.15, 0.2) is 0 Å². The molecule has 6 nitrogen and oxygen atoms in total. The Morgan fingerprint density at radius 3 is 2.83 bits per heavy atom. The third-order valence-corrected chi connectivity index (χ3v) is 5.28. The van der Waals surface area contributed by atoms with Gasteiger partial charge in [-0.3, -0.25) is 4.79 Å². The number of likely N-dealkylation sites (tertiary alicyclic amines) is 1. The van der Waals surface area contributed by atoms with Gasteiger partial charge in [-0.25, -0.2) is 0 Å². The molecule has 3 rings (SSSR count). The van der Waals surface area contributed by atoms with Gasteiger partial charge in [0.25, 0.3) is 0 Å². The van der Waals surface area contributed by atoms with Crippen LogP contribution in [-0.2, 0) is 16.1 Å². The SMILES string of the molecule is CCCCN1CCOCC2(CC(=O)N(Cc3c(C)noc3C)C2)C1. The van der Waals surface area contributed by atoms with Crippen molar-refractivity contribution in [3.05, 3.63) is 17.0 Å². The van der Waals surface area contributed by atoms with Crippen LogP contribution < -0.4 is 0 Å². The van der Waals surface area contributed by atoms with Gasteiger partial charge in [-0.1, -0.05) is 18.5 Å². The van der Waals surface area contributed by atoms with E-state index in [4.69, 9.17) is 9.26 Å². The van der Waals surface area contributed by atoms with Gasteiger partial charge in [-0.05, 0) is 26.8 Å². The van der Waals surface area contributed by atoms with E-state index in [1.165, 1.54) is 12.8 Å². The van der Waals surface area contributed by atoms with Crippen LogP contribution in [0.2, 0.25) is 0 Å². The van der Waals surface area contributed by atoms with E-state index >= 15 is 0 Å². The van der Waals surface area contributed by atoms with Crippen molar-refractivity contribution in [3.8, 4) is 0 Å². The predicted octanol–water partition coefficient (Wildman–Crippen LogP) is 2.14. The molecule has 0 radical (unpaired) electrons. The van der Waals surface area contributed by atoms with E-state index < -0.39 is 0 Å². The molecule has 1 aromatic rings. The molecule has 24 heavy (non-hydrogen) atoms. The number of unbranched alkanes of at least 4 members (excludes halogenated alkanes) is 1. The number of ether oxygens (including phenoxy) is 1. The summed E-state index contributed by atoms with van der Waals surface area (Å²) in [5, 5.41) is 4.00. The van der Waals surface area contributed by atoms with Crippen LogP contribution in [-0.4, -0.2) is 60.3 Å². The zero-order valence-electron chi connectivity index (χ0n) is 15.1. The first-order chi connectivity index (χ1) is 11.5. The summed E-state index contributed by atoms with van der Waals surface area (Å²) in [5.41, 5.74) is 1.85. The van der Waals surface area contributed by atoms with E-state index in [2.05, 4.69) is 17.0 Å². The second-order valence-corrected chi connectivity index (χ2v) is 7.41. The molecule has 1 amide bonds. The van der Waals surface area contributed by atoms with Crippen LogP contribution in [0.1, 0.15) is 43.2 Å². The first kappa shape index (κ1) is 17.4. The average molecular weight is 335 g/mol. The maximum Gasteiger partial charge on any atom is 0.223 e. The van der Waals surface area contributed by atoms with Crippen molar-refractivity contribution in [2.45, 2.75) is 46.6 Å². The van der Waals surface area contributed by atoms with Gasteiger partial charge >= 0.3 is 0 Å². The molecule has 2 aliphatic rings. The summed E-state index contributed by atoms with van der Waals surface area (Å²) in [6.07, 6.45) is 2.98. The second-order valence-electron chi connectivity index (χ2n) is 7.41. The molecule has 0 aromatic carbocycles. The number of aromatic nitrogens is 1. The summed E-state index contributed by atoms with van der Waals surface area (Å²) in [7, 11) is 0. The van der Waals surface area contributed by atoms with E-state index in [-0.39, 0.29) is 11.3 Å². The van der Waals surface area contributed by atoms with Gasteiger partial charge in [0.1, 0.15) is 5.76 Å². The molecule has 134 valence electrons. The number of hydrogen-bond donors (Lipinski definition) is 0. The Morgan fingerprint density at radius 1 is 1.29 bits per heavy atom. The van der Waals surface area contributed by atoms with Gasteiger partial charge < -0.3 is 19.1 Å². The van der Waals surface area contributed by atoms with Crippen molar-refractivity contribution in [2.24, 2.45) is 5.41 Å². The summed E-state index contributed by atoms with van der Waals surface area (Å²) in [6, 6.07) is 0. The molecule has 0 N–H and O–H groups in total. The molecule has 2 fully saturated rings. The van der Waals surface area contributed by atoms with E-state index in [0.717, 1.165) is 49.8 Å². The van der Waals surface area contributed by atoms with Gasteiger partial charge in [0.2, 0.25) is 5.91 Å². The molecule has 1 unspecified atom stereocenters. The number of hydrogen-bond acceptors (Lipinski definition) is 5. The third-order valence-electron chi connectivity index (χ3n) is 5.28. The van der Waals surface area contributed by atoms with Crippen LogP contribution >= 0.6 is 0 Å². The number of amides is 1. The number of aryl methyl sites for hydroxylation is 2. The first-order valence-corrected chi connectivity index (χ1v) is 9.02. The molecule has 0 saturated carbocycles. The lowest BCUT2D eigenvalue weighted by Crippen LogP contribution is -2.41. The van der Waals surface area contributed by atoms with Crippen LogP contribution in [0.25, 0.3) is 0 Å². The maximum absolute atomic E-state index is 12.6. The van der Waals surface area contributed by atoms with Crippen molar-refractivity contribution >= 4 is 5.91 Å². The molecular formula is C18H29N3O3. The van der Waals surface area contributed by atoms with Gasteiger partial charge in [0.05, 0.1) is 25.5 Å². The summed E-state index contributed by atoms with van der Waals surface area (Å²) in [6.45, 7) is 11.9. The van der Waals surface area contributed by atoms with E-state index in [1.54, 1.807) is 0 Å². The second kappa shape index (κ2) is 7.23. The summed E-state index contributed by atoms with van der Waals surface area (Å²) < 4.78 is 11.1. The minimum atomic E-state index is -0.0691. The minimum Gasteiger partial charge on any atom is -0.379 e. The fraction of sp³-hybridized carbons (Fsp3) is 0.778. The largest absolute Gasteiger partial charge is 0.379 e. The molecule has 0 bridgehead atoms. The standard InChI is InChI=1S/C18H29N3O3/c1-4-5-6-20-7-8-23-13-18(11-20)9-17(22)21(12-18)10-16-14(2)19-24-15(16)3/h4-13H2,1-3H3. The molecule has 2 aliphatic heterocycles. The Kier molecular flexibility index (Phi) is 5.25. The van der Waals surface area contributed by atoms with E-state index in [0.29, 0.717) is 19.6 Å². The van der Waals surface area contributed by atoms with Crippen molar-refractivity contribution in [2.75, 3.05) is 39.4 Å². The fourth-order valence-electron chi connectivity index (χ4n) is 3.90. The number of nitrogens with zero attached hydrogens (tertiary/aromatic N) is 3. The van der Waals surface area contributed by atoms with Crippen LogP contribution in [0, 0.1) is 19.3 Å². The zero-order valence-corrected chi connectivity index (χ0v) is 15.1. The van der Waals surface area contributed by atoms with Gasteiger partial charge in [0, 0.05) is 37.0 Å². The quantitative estimate of drug-likeness (QED) is 0.825. The molecule has 1 atom stereocenters. The number of carbonyl (C=O) groups is 1. The zero-order chi connectivity index (χ0) is 17.2. The lowest BCUT2D eigenvalue weighted by atomic mass is 9.87. The molecule has 1 spiro atoms. The van der Waals surface area contributed by atoms with Crippen molar-refractivity contribution in [3.63, 3.8) is 0 Å². The summed E-state index contributed by atoms with van der Waals surface area (Å²) in [5.74, 6) is 1.03. The van der Waals surface area contributed by atoms with Crippen LogP contribution in [0.4, 0.5) is 0 Å². The monoisotopic (exact) mass is 335 g/mol. The molecule has 6 heteroatoms. The van der Waals surface area contributed by atoms with Gasteiger partial charge in [-0.15, -0.1) is 0 Å². The molecule has 0 aliphatic carbocycles. The first-order valence-electron chi connectivity index (χ1n) is 9.02. The normalized spacial score (nSPS) is 25.6. The lowest BCUT2D eigenvalue weighted by molar-refractivity contribution is -0.128. The molecule has 2 saturated heterocycles. The highest BCUT2D eigenvalue weighted by Gasteiger charge is 2.45. The highest BCUT2D eigenvalue weighted by atomic mass is 16.5. The summed E-state index contributed by atoms with van der Waals surface area (Å²) in [4.78, 5) is 17.1. The Bertz CT molecular complexity index is 567. The Labute approximate surface area is 144 Å². The van der Waals surface area contributed by atoms with Crippen LogP contribution in [0.5, 0.6) is 0 Å². The lowest BCUT2D eigenvalue weighted by Gasteiger charge is -2.31. The number of rotatable bonds is 5. The maximum atomic E-state index is 12.6. The molecular weight excluding hydrogens is 306 g/mol. The molecule has 3 heterocycles. The molecule has 1 aromatic heterocycles. The van der Waals surface area contributed by atoms with Crippen molar-refractivity contribution in [1.82, 2.24) is 15.0 Å². The Morgan fingerprint density at radius 2 is 2.12 bits per heavy atom. The third kappa shape index (κ3) is 3.64. The fourth-order valence-corrected chi connectivity index (χ4v) is 3.90. The average Bonchev–Trinajstić information content (AvgIpc) is 2.94. The predicted molar refractivity (Wildman–Crippen MR) is 90.6 cm³/mol. The highest BCUT2D eigenvalue weighted by molar-refractivity contribution is 5.79. The topological polar surface area (TPSA) is 58.8 Å². The van der Waals surface area contributed by atoms with Crippen molar-refractivity contribution in [1.29, 1.82) is 0 Å². The summed E-state index contributed by atoms with van der Waals surface area (Å²) >= 11 is 0. The van der Waals surface area contributed by atoms with E-state index in [9.17, 15) is 4.79 Å². The Balaban J connectivity index is 1.70. The minimum absolute atomic E-state index is 0.0691. The van der Waals surface area contributed by atoms with E-state index in [1.807, 2.05) is 18.7 Å². The van der Waals surface area contributed by atoms with Gasteiger partial charge in [-0.2, -0.15) is 0 Å². The smallest absolute Gasteiger partial charge is 0.223 e. The van der Waals surface area contributed by atoms with Crippen molar-refractivity contribution < 1.29 is 14.1 Å². The highest BCUT2D eigenvalue weighted by Crippen LogP contribution is 2.35. The number of carbonyl (C=O) groups excluding carboxylic acids is 1. The van der Waals surface area contributed by atoms with Crippen LogP contribution in [0.15, 0.2) is 4.52 Å². The Hall–Kier alpha value is -1.40. The van der Waals surface area contributed by atoms with Crippen LogP contribution in [0.3, 0.4) is 0 Å².